The van der Waals surface area contributed by atoms with Gasteiger partial charge in [-0.3, -0.25) is 5.41 Å². The largest absolute Gasteiger partial charge is 0.510 e. The second kappa shape index (κ2) is 6.87. The van der Waals surface area contributed by atoms with E-state index in [4.69, 9.17) is 10.4 Å². The van der Waals surface area contributed by atoms with Crippen LogP contribution in [0.15, 0.2) is 78.6 Å². The number of nitrogens with zero attached hydrogens (tertiary/aromatic N) is 2. The van der Waals surface area contributed by atoms with E-state index in [1.54, 1.807) is 11.3 Å². The standard InChI is InChI=1S/C24H19N3OS/c1-15-7-12-19-21(13-15)29-24(26-19)17-8-10-18(11-9-17)27-14-20(28)22(23(27)25)16-5-3-2-4-6-16/h2-13,25,28H,14H2,1H3. The van der Waals surface area contributed by atoms with Crippen LogP contribution in [0.3, 0.4) is 0 Å². The maximum Gasteiger partial charge on any atom is 0.137 e. The summed E-state index contributed by atoms with van der Waals surface area (Å²) in [5, 5.41) is 20.0. The minimum atomic E-state index is 0.229. The van der Waals surface area contributed by atoms with Crippen molar-refractivity contribution in [1.82, 2.24) is 4.98 Å². The molecule has 4 aromatic rings. The van der Waals surface area contributed by atoms with Crippen molar-refractivity contribution in [3.63, 3.8) is 0 Å². The molecule has 1 aliphatic rings. The van der Waals surface area contributed by atoms with E-state index in [9.17, 15) is 5.11 Å². The number of thiazole rings is 1. The maximum atomic E-state index is 10.5. The van der Waals surface area contributed by atoms with E-state index in [0.717, 1.165) is 27.3 Å². The fourth-order valence-electron chi connectivity index (χ4n) is 3.65. The van der Waals surface area contributed by atoms with Crippen LogP contribution >= 0.6 is 11.3 Å². The monoisotopic (exact) mass is 397 g/mol. The van der Waals surface area contributed by atoms with Crippen LogP contribution in [0.2, 0.25) is 0 Å². The average molecular weight is 398 g/mol. The van der Waals surface area contributed by atoms with E-state index in [2.05, 4.69) is 25.1 Å². The summed E-state index contributed by atoms with van der Waals surface area (Å²) in [5.41, 5.74) is 5.64. The predicted molar refractivity (Wildman–Crippen MR) is 121 cm³/mol. The van der Waals surface area contributed by atoms with Crippen LogP contribution in [-0.2, 0) is 0 Å². The van der Waals surface area contributed by atoms with Gasteiger partial charge in [0, 0.05) is 11.3 Å². The van der Waals surface area contributed by atoms with E-state index in [0.29, 0.717) is 18.0 Å². The third kappa shape index (κ3) is 3.09. The Morgan fingerprint density at radius 1 is 0.966 bits per heavy atom. The number of aryl methyl sites for hydroxylation is 1. The molecular weight excluding hydrogens is 378 g/mol. The molecule has 1 aromatic heterocycles. The summed E-state index contributed by atoms with van der Waals surface area (Å²) in [7, 11) is 0. The number of aliphatic hydroxyl groups is 1. The van der Waals surface area contributed by atoms with Crippen LogP contribution in [-0.4, -0.2) is 22.5 Å². The van der Waals surface area contributed by atoms with Gasteiger partial charge in [0.2, 0.25) is 0 Å². The Bertz CT molecular complexity index is 1260. The first-order valence-corrected chi connectivity index (χ1v) is 10.2. The molecule has 0 saturated heterocycles. The average Bonchev–Trinajstić information content (AvgIpc) is 3.29. The topological polar surface area (TPSA) is 60.2 Å². The summed E-state index contributed by atoms with van der Waals surface area (Å²) in [5.74, 6) is 0.545. The van der Waals surface area contributed by atoms with Crippen molar-refractivity contribution in [3.8, 4) is 10.6 Å². The zero-order valence-electron chi connectivity index (χ0n) is 15.9. The lowest BCUT2D eigenvalue weighted by Gasteiger charge is -2.19. The van der Waals surface area contributed by atoms with Crippen LogP contribution in [0.1, 0.15) is 11.1 Å². The molecule has 3 aromatic carbocycles. The summed E-state index contributed by atoms with van der Waals surface area (Å²) < 4.78 is 1.19. The third-order valence-corrected chi connectivity index (χ3v) is 6.20. The highest BCUT2D eigenvalue weighted by molar-refractivity contribution is 7.21. The molecule has 4 nitrogen and oxygen atoms in total. The van der Waals surface area contributed by atoms with Crippen LogP contribution in [0.5, 0.6) is 0 Å². The third-order valence-electron chi connectivity index (χ3n) is 5.14. The van der Waals surface area contributed by atoms with Gasteiger partial charge in [-0.2, -0.15) is 0 Å². The predicted octanol–water partition coefficient (Wildman–Crippen LogP) is 6.04. The van der Waals surface area contributed by atoms with Gasteiger partial charge >= 0.3 is 0 Å². The summed E-state index contributed by atoms with van der Waals surface area (Å²) in [6, 6.07) is 23.9. The fraction of sp³-hybridized carbons (Fsp3) is 0.0833. The van der Waals surface area contributed by atoms with Crippen molar-refractivity contribution in [3.05, 3.63) is 89.7 Å². The van der Waals surface area contributed by atoms with Gasteiger partial charge in [0.1, 0.15) is 16.6 Å². The number of aliphatic hydroxyl groups excluding tert-OH is 1. The Morgan fingerprint density at radius 2 is 1.72 bits per heavy atom. The van der Waals surface area contributed by atoms with Gasteiger partial charge in [0.25, 0.3) is 0 Å². The molecule has 0 amide bonds. The van der Waals surface area contributed by atoms with E-state index < -0.39 is 0 Å². The molecule has 0 bridgehead atoms. The first kappa shape index (κ1) is 17.6. The van der Waals surface area contributed by atoms with Crippen molar-refractivity contribution in [2.45, 2.75) is 6.92 Å². The van der Waals surface area contributed by atoms with Gasteiger partial charge in [-0.25, -0.2) is 4.98 Å². The zero-order valence-corrected chi connectivity index (χ0v) is 16.7. The quantitative estimate of drug-likeness (QED) is 0.443. The van der Waals surface area contributed by atoms with E-state index in [1.807, 2.05) is 59.5 Å². The molecule has 0 radical (unpaired) electrons. The van der Waals surface area contributed by atoms with Crippen LogP contribution in [0.4, 0.5) is 5.69 Å². The molecule has 2 heterocycles. The highest BCUT2D eigenvalue weighted by Gasteiger charge is 2.29. The van der Waals surface area contributed by atoms with Crippen molar-refractivity contribution < 1.29 is 5.11 Å². The molecule has 0 spiro atoms. The Morgan fingerprint density at radius 3 is 2.48 bits per heavy atom. The molecule has 0 aliphatic carbocycles. The summed E-state index contributed by atoms with van der Waals surface area (Å²) in [4.78, 5) is 6.57. The van der Waals surface area contributed by atoms with Gasteiger partial charge in [-0.05, 0) is 54.4 Å². The van der Waals surface area contributed by atoms with Gasteiger partial charge < -0.3 is 10.0 Å². The molecule has 0 saturated carbocycles. The summed E-state index contributed by atoms with van der Waals surface area (Å²) >= 11 is 1.69. The molecule has 0 fully saturated rings. The zero-order chi connectivity index (χ0) is 20.0. The van der Waals surface area contributed by atoms with Gasteiger partial charge in [-0.1, -0.05) is 36.4 Å². The smallest absolute Gasteiger partial charge is 0.137 e. The number of amidine groups is 1. The van der Waals surface area contributed by atoms with Crippen LogP contribution in [0, 0.1) is 12.3 Å². The molecule has 0 atom stereocenters. The molecule has 0 unspecified atom stereocenters. The number of hydrogen-bond acceptors (Lipinski definition) is 4. The van der Waals surface area contributed by atoms with Crippen molar-refractivity contribution >= 4 is 38.6 Å². The number of anilines is 1. The fourth-order valence-corrected chi connectivity index (χ4v) is 4.72. The second-order valence-corrected chi connectivity index (χ2v) is 8.19. The van der Waals surface area contributed by atoms with Crippen molar-refractivity contribution in [1.29, 1.82) is 5.41 Å². The van der Waals surface area contributed by atoms with Crippen LogP contribution in [0.25, 0.3) is 26.4 Å². The Kier molecular flexibility index (Phi) is 4.18. The number of nitrogens with one attached hydrogen (secondary N) is 1. The lowest BCUT2D eigenvalue weighted by atomic mass is 10.1. The van der Waals surface area contributed by atoms with Crippen LogP contribution < -0.4 is 4.90 Å². The molecular formula is C24H19N3OS. The maximum absolute atomic E-state index is 10.5. The normalized spacial score (nSPS) is 14.2. The Labute approximate surface area is 172 Å². The van der Waals surface area contributed by atoms with Gasteiger partial charge in [0.15, 0.2) is 0 Å². The SMILES string of the molecule is Cc1ccc2nc(-c3ccc(N4CC(O)=C(c5ccccc5)C4=N)cc3)sc2c1. The Balaban J connectivity index is 1.43. The molecule has 29 heavy (non-hydrogen) atoms. The van der Waals surface area contributed by atoms with Crippen molar-refractivity contribution in [2.75, 3.05) is 11.4 Å². The number of rotatable bonds is 3. The second-order valence-electron chi connectivity index (χ2n) is 7.16. The van der Waals surface area contributed by atoms with Crippen molar-refractivity contribution in [2.24, 2.45) is 0 Å². The minimum Gasteiger partial charge on any atom is -0.510 e. The number of fused-ring (bicyclic) bond motifs is 1. The van der Waals surface area contributed by atoms with Gasteiger partial charge in [-0.15, -0.1) is 11.3 Å². The molecule has 1 aliphatic heterocycles. The number of benzene rings is 3. The molecule has 5 heteroatoms. The van der Waals surface area contributed by atoms with E-state index in [-0.39, 0.29) is 5.76 Å². The lowest BCUT2D eigenvalue weighted by Crippen LogP contribution is -2.25. The summed E-state index contributed by atoms with van der Waals surface area (Å²) in [6.45, 7) is 2.40. The highest BCUT2D eigenvalue weighted by Crippen LogP contribution is 2.34. The van der Waals surface area contributed by atoms with E-state index in [1.165, 1.54) is 10.3 Å². The first-order chi connectivity index (χ1) is 14.1. The Hall–Kier alpha value is -3.44. The molecule has 2 N–H and O–H groups in total. The summed E-state index contributed by atoms with van der Waals surface area (Å²) in [6.07, 6.45) is 0. The minimum absolute atomic E-state index is 0.229. The number of aromatic nitrogens is 1. The number of hydrogen-bond donors (Lipinski definition) is 2. The lowest BCUT2D eigenvalue weighted by molar-refractivity contribution is 0.411. The van der Waals surface area contributed by atoms with E-state index >= 15 is 0 Å². The molecule has 142 valence electrons. The molecule has 5 rings (SSSR count). The van der Waals surface area contributed by atoms with Gasteiger partial charge in [0.05, 0.1) is 22.3 Å². The highest BCUT2D eigenvalue weighted by atomic mass is 32.1. The first-order valence-electron chi connectivity index (χ1n) is 9.42.